The Morgan fingerprint density at radius 3 is 1.29 bits per heavy atom. The van der Waals surface area contributed by atoms with E-state index in [0.717, 1.165) is 18.4 Å². The minimum Gasteiger partial charge on any atom is -0.310 e. The molecule has 13 rings (SSSR count). The number of benzene rings is 10. The Morgan fingerprint density at radius 1 is 0.364 bits per heavy atom. The predicted octanol–water partition coefficient (Wildman–Crippen LogP) is 15.8. The van der Waals surface area contributed by atoms with Crippen molar-refractivity contribution in [3.05, 3.63) is 271 Å². The third kappa shape index (κ3) is 7.55. The average Bonchev–Trinajstić information content (AvgIpc) is 3.90. The molecule has 0 unspecified atom stereocenters. The average molecular weight is 919 g/mol. The van der Waals surface area contributed by atoms with Gasteiger partial charge in [0.2, 0.25) is 0 Å². The first-order valence-electron chi connectivity index (χ1n) is 22.4. The van der Waals surface area contributed by atoms with Crippen molar-refractivity contribution in [3.8, 4) is 22.5 Å². The van der Waals surface area contributed by atoms with Gasteiger partial charge < -0.3 is 14.0 Å². The van der Waals surface area contributed by atoms with E-state index in [0.29, 0.717) is 0 Å². The maximum atomic E-state index is 3.60. The molecule has 66 heavy (non-hydrogen) atoms. The van der Waals surface area contributed by atoms with Gasteiger partial charge in [-0.2, -0.15) is 35.9 Å². The molecule has 10 aromatic carbocycles. The summed E-state index contributed by atoms with van der Waals surface area (Å²) in [5.41, 5.74) is 18.4. The summed E-state index contributed by atoms with van der Waals surface area (Å²) in [5, 5.41) is 5.14. The number of para-hydroxylation sites is 6. The minimum atomic E-state index is 0. The molecule has 0 N–H and O–H groups in total. The second-order valence-electron chi connectivity index (χ2n) is 16.7. The van der Waals surface area contributed by atoms with Crippen molar-refractivity contribution in [1.82, 2.24) is 9.13 Å². The maximum absolute atomic E-state index is 3.60. The molecule has 0 saturated heterocycles. The summed E-state index contributed by atoms with van der Waals surface area (Å²) in [6.45, 7) is 0. The van der Waals surface area contributed by atoms with Gasteiger partial charge in [0.05, 0.1) is 22.1 Å². The molecule has 0 fully saturated rings. The number of hydrogen-bond acceptors (Lipinski definition) is 1. The molecule has 0 spiro atoms. The van der Waals surface area contributed by atoms with E-state index < -0.39 is 0 Å². The van der Waals surface area contributed by atoms with Crippen molar-refractivity contribution in [2.24, 2.45) is 0 Å². The molecule has 1 aliphatic rings. The van der Waals surface area contributed by atoms with E-state index in [1.54, 1.807) is 0 Å². The quantitative estimate of drug-likeness (QED) is 0.152. The molecule has 4 heteroatoms. The molecular formula is C62H43N3Y-2. The second-order valence-corrected chi connectivity index (χ2v) is 16.7. The van der Waals surface area contributed by atoms with Crippen molar-refractivity contribution in [2.45, 2.75) is 12.8 Å². The van der Waals surface area contributed by atoms with Crippen molar-refractivity contribution in [1.29, 1.82) is 0 Å². The monoisotopic (exact) mass is 918 g/mol. The first kappa shape index (κ1) is 41.4. The Morgan fingerprint density at radius 2 is 0.788 bits per heavy atom. The fourth-order valence-electron chi connectivity index (χ4n) is 9.85. The van der Waals surface area contributed by atoms with Crippen LogP contribution in [0.5, 0.6) is 0 Å². The van der Waals surface area contributed by atoms with Crippen LogP contribution in [-0.4, -0.2) is 9.13 Å². The zero-order valence-corrected chi connectivity index (χ0v) is 39.2. The normalized spacial score (nSPS) is 11.8. The molecule has 311 valence electrons. The van der Waals surface area contributed by atoms with Crippen molar-refractivity contribution in [3.63, 3.8) is 0 Å². The standard InChI is InChI=1S/C31H22N2.C31H21N.Y/c1-5-13-28-22(9-1)21-23-10-2-6-14-29(23)32(28)24-17-19-25(20-18-24)33-30-15-7-3-11-26(30)27-12-4-8-16-31(27)33;1-2-9-23(10-3-1)21-24-11-8-12-26(22-24)25-17-19-27(20-18-25)32-30-15-6-4-13-28(30)29-14-5-7-16-31(29)32;/h1-20H,21H2;1-9,11-20H,21H2;/q;-2;. The van der Waals surface area contributed by atoms with Gasteiger partial charge in [-0.25, -0.2) is 0 Å². The molecule has 0 aliphatic carbocycles. The van der Waals surface area contributed by atoms with Gasteiger partial charge in [0.15, 0.2) is 0 Å². The summed E-state index contributed by atoms with van der Waals surface area (Å²) in [7, 11) is 0. The summed E-state index contributed by atoms with van der Waals surface area (Å²) in [5.74, 6) is 0. The van der Waals surface area contributed by atoms with Crippen LogP contribution in [0.15, 0.2) is 237 Å². The molecule has 2 aromatic heterocycles. The molecule has 0 saturated carbocycles. The van der Waals surface area contributed by atoms with E-state index in [1.165, 1.54) is 99.9 Å². The molecule has 1 aliphatic heterocycles. The van der Waals surface area contributed by atoms with Crippen LogP contribution in [0.3, 0.4) is 0 Å². The van der Waals surface area contributed by atoms with Crippen LogP contribution in [0.4, 0.5) is 17.1 Å². The van der Waals surface area contributed by atoms with Crippen LogP contribution in [-0.2, 0) is 45.6 Å². The SMILES string of the molecule is [Y].[c-]1ccccc1Cc1[c-]c(-c2ccc(-n3c4ccccc4c4ccccc43)cc2)ccc1.c1ccc2c(c1)Cc1ccccc1N2c1ccc(-n2c3ccccc3c3ccccc32)cc1. The fourth-order valence-corrected chi connectivity index (χ4v) is 9.85. The van der Waals surface area contributed by atoms with Crippen LogP contribution in [0.1, 0.15) is 22.3 Å². The predicted molar refractivity (Wildman–Crippen MR) is 271 cm³/mol. The van der Waals surface area contributed by atoms with Gasteiger partial charge >= 0.3 is 0 Å². The Kier molecular flexibility index (Phi) is 11.3. The largest absolute Gasteiger partial charge is 0.310 e. The van der Waals surface area contributed by atoms with Crippen molar-refractivity contribution < 1.29 is 32.7 Å². The summed E-state index contributed by atoms with van der Waals surface area (Å²) in [6, 6.07) is 91.2. The zero-order chi connectivity index (χ0) is 43.1. The number of anilines is 3. The second kappa shape index (κ2) is 17.9. The molecule has 0 atom stereocenters. The number of rotatable bonds is 6. The number of aromatic nitrogens is 2. The van der Waals surface area contributed by atoms with Crippen LogP contribution in [0.25, 0.3) is 66.1 Å². The number of hydrogen-bond donors (Lipinski definition) is 0. The molecule has 0 amide bonds. The van der Waals surface area contributed by atoms with Crippen LogP contribution in [0.2, 0.25) is 0 Å². The van der Waals surface area contributed by atoms with E-state index in [4.69, 9.17) is 0 Å². The van der Waals surface area contributed by atoms with Gasteiger partial charge in [0.25, 0.3) is 0 Å². The summed E-state index contributed by atoms with van der Waals surface area (Å²) < 4.78 is 4.71. The fraction of sp³-hybridized carbons (Fsp3) is 0.0323. The van der Waals surface area contributed by atoms with Crippen LogP contribution >= 0.6 is 0 Å². The Balaban J connectivity index is 0.000000144. The molecule has 1 radical (unpaired) electrons. The number of nitrogens with zero attached hydrogens (tertiary/aromatic N) is 3. The summed E-state index contributed by atoms with van der Waals surface area (Å²) in [4.78, 5) is 2.39. The van der Waals surface area contributed by atoms with Gasteiger partial charge in [0, 0.05) is 89.1 Å². The molecule has 3 nitrogen and oxygen atoms in total. The summed E-state index contributed by atoms with van der Waals surface area (Å²) in [6.07, 6.45) is 1.82. The number of fused-ring (bicyclic) bond motifs is 8. The van der Waals surface area contributed by atoms with E-state index in [-0.39, 0.29) is 32.7 Å². The van der Waals surface area contributed by atoms with E-state index >= 15 is 0 Å². The smallest absolute Gasteiger partial charge is 0.0541 e. The van der Waals surface area contributed by atoms with Gasteiger partial charge in [-0.3, -0.25) is 0 Å². The topological polar surface area (TPSA) is 13.1 Å². The van der Waals surface area contributed by atoms with E-state index in [1.807, 2.05) is 12.1 Å². The van der Waals surface area contributed by atoms with E-state index in [9.17, 15) is 0 Å². The van der Waals surface area contributed by atoms with Gasteiger partial charge in [-0.15, -0.1) is 35.4 Å². The first-order valence-corrected chi connectivity index (χ1v) is 22.4. The minimum absolute atomic E-state index is 0. The maximum Gasteiger partial charge on any atom is 0.0541 e. The Hall–Kier alpha value is -7.30. The zero-order valence-electron chi connectivity index (χ0n) is 36.3. The first-order chi connectivity index (χ1) is 32.2. The van der Waals surface area contributed by atoms with Crippen molar-refractivity contribution >= 4 is 60.7 Å². The third-order valence-electron chi connectivity index (χ3n) is 12.8. The molecule has 0 bridgehead atoms. The van der Waals surface area contributed by atoms with E-state index in [2.05, 4.69) is 251 Å². The summed E-state index contributed by atoms with van der Waals surface area (Å²) >= 11 is 0. The molecule has 12 aromatic rings. The Labute approximate surface area is 410 Å². The Bertz CT molecular complexity index is 3510. The third-order valence-corrected chi connectivity index (χ3v) is 12.8. The van der Waals surface area contributed by atoms with Gasteiger partial charge in [-0.1, -0.05) is 127 Å². The van der Waals surface area contributed by atoms with Gasteiger partial charge in [-0.05, 0) is 90.3 Å². The van der Waals surface area contributed by atoms with Crippen molar-refractivity contribution in [2.75, 3.05) is 4.90 Å². The molecule has 3 heterocycles. The van der Waals surface area contributed by atoms with Crippen LogP contribution in [0, 0.1) is 12.1 Å². The van der Waals surface area contributed by atoms with Gasteiger partial charge in [0.1, 0.15) is 0 Å². The van der Waals surface area contributed by atoms with Crippen LogP contribution < -0.4 is 4.90 Å². The molecular weight excluding hydrogens is 876 g/mol.